The van der Waals surface area contributed by atoms with Crippen molar-refractivity contribution in [2.45, 2.75) is 49.8 Å². The smallest absolute Gasteiger partial charge is 0.348 e. The number of nitrogens with zero attached hydrogens (tertiary/aromatic N) is 2. The highest BCUT2D eigenvalue weighted by Crippen LogP contribution is 2.33. The van der Waals surface area contributed by atoms with Crippen molar-refractivity contribution in [3.63, 3.8) is 0 Å². The Kier molecular flexibility index (Phi) is 5.87. The quantitative estimate of drug-likeness (QED) is 0.541. The lowest BCUT2D eigenvalue weighted by molar-refractivity contribution is -0.113. The van der Waals surface area contributed by atoms with E-state index >= 15 is 0 Å². The molecule has 164 valence electrons. The van der Waals surface area contributed by atoms with E-state index in [1.807, 2.05) is 0 Å². The lowest BCUT2D eigenvalue weighted by atomic mass is 10.2. The molecule has 2 aliphatic heterocycles. The van der Waals surface area contributed by atoms with Crippen LogP contribution in [0.25, 0.3) is 0 Å². The number of amides is 1. The van der Waals surface area contributed by atoms with Crippen molar-refractivity contribution in [3.05, 3.63) is 39.9 Å². The van der Waals surface area contributed by atoms with Crippen molar-refractivity contribution in [2.24, 2.45) is 0 Å². The first-order chi connectivity index (χ1) is 15.2. The zero-order valence-corrected chi connectivity index (χ0v) is 18.0. The number of thioether (sulfide) groups is 1. The molecule has 1 amide bonds. The molecule has 3 heterocycles. The van der Waals surface area contributed by atoms with Crippen molar-refractivity contribution < 1.29 is 19.0 Å². The van der Waals surface area contributed by atoms with Crippen LogP contribution in [0.3, 0.4) is 0 Å². The molecule has 1 aromatic heterocycles. The molecule has 1 aromatic carbocycles. The zero-order valence-electron chi connectivity index (χ0n) is 17.2. The van der Waals surface area contributed by atoms with Gasteiger partial charge in [-0.3, -0.25) is 9.36 Å². The number of hydrogen-bond donors (Lipinski definition) is 1. The summed E-state index contributed by atoms with van der Waals surface area (Å²) in [6.07, 6.45) is 4.89. The molecule has 31 heavy (non-hydrogen) atoms. The van der Waals surface area contributed by atoms with Crippen LogP contribution in [0.15, 0.2) is 28.0 Å². The van der Waals surface area contributed by atoms with Gasteiger partial charge in [0.15, 0.2) is 11.5 Å². The van der Waals surface area contributed by atoms with Crippen LogP contribution >= 0.6 is 11.8 Å². The van der Waals surface area contributed by atoms with Crippen LogP contribution in [0, 0.1) is 0 Å². The van der Waals surface area contributed by atoms with Crippen molar-refractivity contribution in [2.75, 3.05) is 30.9 Å². The van der Waals surface area contributed by atoms with Gasteiger partial charge in [0, 0.05) is 29.6 Å². The summed E-state index contributed by atoms with van der Waals surface area (Å²) in [7, 11) is 0. The van der Waals surface area contributed by atoms with Gasteiger partial charge in [-0.25, -0.2) is 4.79 Å². The summed E-state index contributed by atoms with van der Waals surface area (Å²) in [6.45, 7) is 2.36. The Bertz CT molecular complexity index is 1050. The van der Waals surface area contributed by atoms with E-state index in [1.165, 1.54) is 11.8 Å². The summed E-state index contributed by atoms with van der Waals surface area (Å²) in [4.78, 5) is 29.5. The van der Waals surface area contributed by atoms with Crippen LogP contribution in [0.2, 0.25) is 0 Å². The van der Waals surface area contributed by atoms with Crippen LogP contribution in [0.4, 0.5) is 5.69 Å². The number of anilines is 1. The van der Waals surface area contributed by atoms with Crippen LogP contribution in [0.5, 0.6) is 11.5 Å². The predicted molar refractivity (Wildman–Crippen MR) is 116 cm³/mol. The second-order valence-corrected chi connectivity index (χ2v) is 8.88. The molecule has 1 N–H and O–H groups in total. The van der Waals surface area contributed by atoms with E-state index in [4.69, 9.17) is 14.2 Å². The minimum atomic E-state index is -0.245. The number of hydrogen-bond acceptors (Lipinski definition) is 7. The third-order valence-electron chi connectivity index (χ3n) is 5.78. The van der Waals surface area contributed by atoms with Gasteiger partial charge in [0.05, 0.1) is 18.4 Å². The summed E-state index contributed by atoms with van der Waals surface area (Å²) >= 11 is 1.32. The average Bonchev–Trinajstić information content (AvgIpc) is 3.46. The Balaban J connectivity index is 1.26. The molecule has 1 saturated heterocycles. The van der Waals surface area contributed by atoms with E-state index in [9.17, 15) is 9.59 Å². The van der Waals surface area contributed by atoms with E-state index in [0.29, 0.717) is 42.0 Å². The maximum Gasteiger partial charge on any atom is 0.348 e. The molecule has 5 rings (SSSR count). The van der Waals surface area contributed by atoms with Crippen LogP contribution in [-0.2, 0) is 28.9 Å². The predicted octanol–water partition coefficient (Wildman–Crippen LogP) is 2.41. The van der Waals surface area contributed by atoms with Crippen molar-refractivity contribution in [1.82, 2.24) is 9.55 Å². The van der Waals surface area contributed by atoms with E-state index in [-0.39, 0.29) is 23.5 Å². The molecule has 1 aliphatic carbocycles. The Morgan fingerprint density at radius 3 is 2.87 bits per heavy atom. The fourth-order valence-corrected chi connectivity index (χ4v) is 5.21. The van der Waals surface area contributed by atoms with Crippen LogP contribution in [0.1, 0.15) is 30.5 Å². The van der Waals surface area contributed by atoms with Gasteiger partial charge < -0.3 is 19.5 Å². The van der Waals surface area contributed by atoms with E-state index in [2.05, 4.69) is 10.3 Å². The molecule has 2 aromatic rings. The maximum atomic E-state index is 12.7. The maximum absolute atomic E-state index is 12.7. The van der Waals surface area contributed by atoms with Gasteiger partial charge in [-0.2, -0.15) is 4.98 Å². The number of ether oxygens (including phenoxy) is 3. The molecular weight excluding hydrogens is 418 g/mol. The SMILES string of the molecule is O=C(CSc1nc(=O)n(C[C@@H]2CCCO2)c2c1CCC2)Nc1ccc2c(c1)OCCO2. The van der Waals surface area contributed by atoms with Gasteiger partial charge >= 0.3 is 5.69 Å². The highest BCUT2D eigenvalue weighted by Gasteiger charge is 2.25. The molecule has 1 atom stereocenters. The Morgan fingerprint density at radius 1 is 1.16 bits per heavy atom. The molecule has 0 unspecified atom stereocenters. The highest BCUT2D eigenvalue weighted by atomic mass is 32.2. The zero-order chi connectivity index (χ0) is 21.2. The van der Waals surface area contributed by atoms with Gasteiger partial charge in [0.25, 0.3) is 0 Å². The number of benzene rings is 1. The van der Waals surface area contributed by atoms with Gasteiger partial charge in [-0.1, -0.05) is 11.8 Å². The summed E-state index contributed by atoms with van der Waals surface area (Å²) in [6, 6.07) is 5.34. The summed E-state index contributed by atoms with van der Waals surface area (Å²) in [5, 5.41) is 3.56. The number of fused-ring (bicyclic) bond motifs is 2. The first-order valence-corrected chi connectivity index (χ1v) is 11.7. The molecule has 0 bridgehead atoms. The van der Waals surface area contributed by atoms with Crippen molar-refractivity contribution in [3.8, 4) is 11.5 Å². The molecule has 0 saturated carbocycles. The highest BCUT2D eigenvalue weighted by molar-refractivity contribution is 8.00. The molecule has 0 spiro atoms. The van der Waals surface area contributed by atoms with E-state index in [0.717, 1.165) is 50.0 Å². The summed E-state index contributed by atoms with van der Waals surface area (Å²) in [5.74, 6) is 1.34. The number of nitrogens with one attached hydrogen (secondary N) is 1. The lowest BCUT2D eigenvalue weighted by Gasteiger charge is -2.19. The lowest BCUT2D eigenvalue weighted by Crippen LogP contribution is -2.31. The fourth-order valence-electron chi connectivity index (χ4n) is 4.34. The molecule has 0 radical (unpaired) electrons. The standard InChI is InChI=1S/C22H25N3O5S/c26-20(23-14-6-7-18-19(11-14)30-10-9-29-18)13-31-21-16-4-1-5-17(16)25(22(27)24-21)12-15-3-2-8-28-15/h6-7,11,15H,1-5,8-10,12-13H2,(H,23,26)/t15-/m0/s1. The van der Waals surface area contributed by atoms with Crippen molar-refractivity contribution in [1.29, 1.82) is 0 Å². The minimum absolute atomic E-state index is 0.0967. The largest absolute Gasteiger partial charge is 0.486 e. The molecule has 3 aliphatic rings. The monoisotopic (exact) mass is 443 g/mol. The Labute approximate surface area is 184 Å². The van der Waals surface area contributed by atoms with Gasteiger partial charge in [-0.05, 0) is 44.2 Å². The molecule has 8 nitrogen and oxygen atoms in total. The van der Waals surface area contributed by atoms with E-state index < -0.39 is 0 Å². The number of aromatic nitrogens is 2. The first kappa shape index (κ1) is 20.4. The summed E-state index contributed by atoms with van der Waals surface area (Å²) < 4.78 is 18.6. The Hall–Kier alpha value is -2.52. The third-order valence-corrected chi connectivity index (χ3v) is 6.79. The number of rotatable bonds is 6. The van der Waals surface area contributed by atoms with E-state index in [1.54, 1.807) is 22.8 Å². The van der Waals surface area contributed by atoms with Crippen LogP contribution < -0.4 is 20.5 Å². The fraction of sp³-hybridized carbons (Fsp3) is 0.500. The second-order valence-electron chi connectivity index (χ2n) is 7.92. The van der Waals surface area contributed by atoms with Gasteiger partial charge in [0.2, 0.25) is 5.91 Å². The van der Waals surface area contributed by atoms with Crippen molar-refractivity contribution >= 4 is 23.4 Å². The number of carbonyl (C=O) groups excluding carboxylic acids is 1. The van der Waals surface area contributed by atoms with Gasteiger partial charge in [0.1, 0.15) is 18.2 Å². The molecule has 1 fully saturated rings. The normalized spacial score (nSPS) is 19.3. The first-order valence-electron chi connectivity index (χ1n) is 10.7. The van der Waals surface area contributed by atoms with Gasteiger partial charge in [-0.15, -0.1) is 0 Å². The summed E-state index contributed by atoms with van der Waals surface area (Å²) in [5.41, 5.74) is 2.57. The Morgan fingerprint density at radius 2 is 2.03 bits per heavy atom. The minimum Gasteiger partial charge on any atom is -0.486 e. The average molecular weight is 444 g/mol. The number of carbonyl (C=O) groups is 1. The topological polar surface area (TPSA) is 91.7 Å². The molecular formula is C22H25N3O5S. The second kappa shape index (κ2) is 8.92. The third kappa shape index (κ3) is 4.43. The van der Waals surface area contributed by atoms with Crippen LogP contribution in [-0.4, -0.2) is 47.1 Å². The molecule has 9 heteroatoms.